The second kappa shape index (κ2) is 7.42. The van der Waals surface area contributed by atoms with Crippen molar-refractivity contribution < 1.29 is 9.53 Å². The van der Waals surface area contributed by atoms with E-state index in [4.69, 9.17) is 4.74 Å². The molecule has 1 amide bonds. The molecule has 2 aromatic rings. The van der Waals surface area contributed by atoms with E-state index >= 15 is 0 Å². The number of anilines is 1. The number of hydrogen-bond acceptors (Lipinski definition) is 4. The normalized spacial score (nSPS) is 17.4. The van der Waals surface area contributed by atoms with E-state index < -0.39 is 0 Å². The van der Waals surface area contributed by atoms with E-state index in [2.05, 4.69) is 16.4 Å². The Labute approximate surface area is 134 Å². The Morgan fingerprint density at radius 1 is 1.32 bits per heavy atom. The maximum absolute atomic E-state index is 12.0. The highest BCUT2D eigenvalue weighted by Gasteiger charge is 2.23. The first-order valence-electron chi connectivity index (χ1n) is 7.35. The van der Waals surface area contributed by atoms with Gasteiger partial charge in [-0.1, -0.05) is 6.07 Å². The molecule has 22 heavy (non-hydrogen) atoms. The van der Waals surface area contributed by atoms with Crippen LogP contribution >= 0.6 is 11.8 Å². The van der Waals surface area contributed by atoms with Crippen molar-refractivity contribution in [3.8, 4) is 0 Å². The molecule has 0 saturated carbocycles. The van der Waals surface area contributed by atoms with Crippen molar-refractivity contribution in [2.75, 3.05) is 11.9 Å². The number of thioether (sulfide) groups is 1. The van der Waals surface area contributed by atoms with E-state index in [1.165, 1.54) is 10.5 Å². The van der Waals surface area contributed by atoms with Gasteiger partial charge in [0.1, 0.15) is 6.10 Å². The van der Waals surface area contributed by atoms with E-state index in [1.807, 2.05) is 36.5 Å². The Morgan fingerprint density at radius 3 is 2.86 bits per heavy atom. The number of carbonyl (C=O) groups excluding carboxylic acids is 1. The van der Waals surface area contributed by atoms with Gasteiger partial charge in [-0.3, -0.25) is 9.78 Å². The first-order valence-corrected chi connectivity index (χ1v) is 8.34. The van der Waals surface area contributed by atoms with Crippen LogP contribution in [-0.4, -0.2) is 23.6 Å². The number of ether oxygens (including phenoxy) is 1. The molecular weight excluding hydrogens is 296 g/mol. The van der Waals surface area contributed by atoms with E-state index in [0.29, 0.717) is 6.61 Å². The minimum atomic E-state index is -0.292. The van der Waals surface area contributed by atoms with Gasteiger partial charge in [-0.2, -0.15) is 0 Å². The quantitative estimate of drug-likeness (QED) is 0.858. The Kier molecular flexibility index (Phi) is 5.08. The fraction of sp³-hybridized carbons (Fsp3) is 0.294. The van der Waals surface area contributed by atoms with Crippen LogP contribution in [0.2, 0.25) is 0 Å². The van der Waals surface area contributed by atoms with E-state index in [0.717, 1.165) is 24.3 Å². The molecule has 3 rings (SSSR count). The summed E-state index contributed by atoms with van der Waals surface area (Å²) in [7, 11) is 0. The Bertz CT molecular complexity index is 610. The molecule has 0 spiro atoms. The predicted molar refractivity (Wildman–Crippen MR) is 87.8 cm³/mol. The molecule has 1 aliphatic heterocycles. The van der Waals surface area contributed by atoms with Gasteiger partial charge in [0, 0.05) is 35.3 Å². The fourth-order valence-electron chi connectivity index (χ4n) is 2.29. The van der Waals surface area contributed by atoms with Crippen LogP contribution in [0.1, 0.15) is 18.4 Å². The first-order chi connectivity index (χ1) is 10.8. The summed E-state index contributed by atoms with van der Waals surface area (Å²) in [5.41, 5.74) is 2.01. The lowest BCUT2D eigenvalue weighted by Gasteiger charge is -2.10. The van der Waals surface area contributed by atoms with Crippen molar-refractivity contribution in [2.24, 2.45) is 0 Å². The molecule has 0 bridgehead atoms. The Balaban J connectivity index is 1.52. The molecule has 1 aliphatic rings. The molecule has 114 valence electrons. The lowest BCUT2D eigenvalue weighted by Crippen LogP contribution is -2.26. The summed E-state index contributed by atoms with van der Waals surface area (Å²) in [6, 6.07) is 11.9. The highest BCUT2D eigenvalue weighted by atomic mass is 32.2. The molecule has 5 heteroatoms. The Hall–Kier alpha value is -1.85. The molecule has 1 saturated heterocycles. The number of nitrogens with zero attached hydrogens (tertiary/aromatic N) is 1. The molecule has 0 aliphatic carbocycles. The number of pyridine rings is 1. The van der Waals surface area contributed by atoms with Crippen LogP contribution in [0.3, 0.4) is 0 Å². The highest BCUT2D eigenvalue weighted by molar-refractivity contribution is 7.98. The largest absolute Gasteiger partial charge is 0.368 e. The number of rotatable bonds is 5. The summed E-state index contributed by atoms with van der Waals surface area (Å²) >= 11 is 1.75. The number of amides is 1. The van der Waals surface area contributed by atoms with Gasteiger partial charge >= 0.3 is 0 Å². The van der Waals surface area contributed by atoms with Gasteiger partial charge in [0.2, 0.25) is 0 Å². The maximum atomic E-state index is 12.0. The topological polar surface area (TPSA) is 51.2 Å². The van der Waals surface area contributed by atoms with Crippen LogP contribution in [-0.2, 0) is 15.3 Å². The van der Waals surface area contributed by atoms with Gasteiger partial charge in [0.15, 0.2) is 0 Å². The van der Waals surface area contributed by atoms with Crippen molar-refractivity contribution in [1.82, 2.24) is 4.98 Å². The van der Waals surface area contributed by atoms with Crippen molar-refractivity contribution >= 4 is 23.4 Å². The van der Waals surface area contributed by atoms with Crippen LogP contribution in [0.4, 0.5) is 5.69 Å². The average Bonchev–Trinajstić information content (AvgIpc) is 3.10. The van der Waals surface area contributed by atoms with Gasteiger partial charge in [-0.15, -0.1) is 11.8 Å². The summed E-state index contributed by atoms with van der Waals surface area (Å²) in [6.45, 7) is 0.683. The smallest absolute Gasteiger partial charge is 0.253 e. The van der Waals surface area contributed by atoms with Crippen LogP contribution < -0.4 is 5.32 Å². The monoisotopic (exact) mass is 314 g/mol. The number of hydrogen-bond donors (Lipinski definition) is 1. The van der Waals surface area contributed by atoms with Crippen LogP contribution in [0, 0.1) is 0 Å². The molecule has 4 nitrogen and oxygen atoms in total. The van der Waals surface area contributed by atoms with Crippen LogP contribution in [0.25, 0.3) is 0 Å². The van der Waals surface area contributed by atoms with Crippen LogP contribution in [0.5, 0.6) is 0 Å². The molecular formula is C17H18N2O2S. The average molecular weight is 314 g/mol. The number of benzene rings is 1. The minimum absolute atomic E-state index is 0.0479. The summed E-state index contributed by atoms with van der Waals surface area (Å²) in [6.07, 6.45) is 5.13. The third kappa shape index (κ3) is 4.08. The zero-order chi connectivity index (χ0) is 15.2. The fourth-order valence-corrected chi connectivity index (χ4v) is 3.12. The van der Waals surface area contributed by atoms with Gasteiger partial charge < -0.3 is 10.1 Å². The zero-order valence-corrected chi connectivity index (χ0v) is 13.0. The summed E-state index contributed by atoms with van der Waals surface area (Å²) in [5.74, 6) is 0.836. The summed E-state index contributed by atoms with van der Waals surface area (Å²) < 4.78 is 5.38. The molecule has 1 atom stereocenters. The van der Waals surface area contributed by atoms with Gasteiger partial charge in [-0.05, 0) is 48.7 Å². The number of nitrogens with one attached hydrogen (secondary N) is 1. The van der Waals surface area contributed by atoms with Gasteiger partial charge in [0.25, 0.3) is 5.91 Å². The first kappa shape index (κ1) is 15.1. The third-order valence-electron chi connectivity index (χ3n) is 3.47. The number of aromatic nitrogens is 1. The van der Waals surface area contributed by atoms with Crippen molar-refractivity contribution in [1.29, 1.82) is 0 Å². The Morgan fingerprint density at radius 2 is 2.18 bits per heavy atom. The standard InChI is InChI=1S/C17H18N2O2S/c20-17(16-4-2-10-21-16)19-14-5-7-15(8-6-14)22-12-13-3-1-9-18-11-13/h1,3,5-9,11,16H,2,4,10,12H2,(H,19,20). The maximum Gasteiger partial charge on any atom is 0.253 e. The summed E-state index contributed by atoms with van der Waals surface area (Å²) in [4.78, 5) is 17.2. The molecule has 1 N–H and O–H groups in total. The van der Waals surface area contributed by atoms with Crippen LogP contribution in [0.15, 0.2) is 53.7 Å². The lowest BCUT2D eigenvalue weighted by molar-refractivity contribution is -0.124. The molecule has 0 radical (unpaired) electrons. The van der Waals surface area contributed by atoms with E-state index in [-0.39, 0.29) is 12.0 Å². The second-order valence-corrected chi connectivity index (χ2v) is 6.21. The minimum Gasteiger partial charge on any atom is -0.368 e. The van der Waals surface area contributed by atoms with Gasteiger partial charge in [-0.25, -0.2) is 0 Å². The number of carbonyl (C=O) groups is 1. The molecule has 1 aromatic carbocycles. The van der Waals surface area contributed by atoms with E-state index in [1.54, 1.807) is 18.0 Å². The van der Waals surface area contributed by atoms with E-state index in [9.17, 15) is 4.79 Å². The van der Waals surface area contributed by atoms with Crippen molar-refractivity contribution in [3.05, 3.63) is 54.4 Å². The second-order valence-electron chi connectivity index (χ2n) is 5.17. The summed E-state index contributed by atoms with van der Waals surface area (Å²) in [5, 5.41) is 2.90. The molecule has 1 aromatic heterocycles. The SMILES string of the molecule is O=C(Nc1ccc(SCc2cccnc2)cc1)C1CCCO1. The zero-order valence-electron chi connectivity index (χ0n) is 12.2. The predicted octanol–water partition coefficient (Wildman–Crippen LogP) is 3.49. The molecule has 1 fully saturated rings. The van der Waals surface area contributed by atoms with Gasteiger partial charge in [0.05, 0.1) is 0 Å². The van der Waals surface area contributed by atoms with Crippen molar-refractivity contribution in [3.63, 3.8) is 0 Å². The lowest BCUT2D eigenvalue weighted by atomic mass is 10.2. The van der Waals surface area contributed by atoms with Crippen molar-refractivity contribution in [2.45, 2.75) is 29.6 Å². The molecule has 1 unspecified atom stereocenters. The molecule has 2 heterocycles. The third-order valence-corrected chi connectivity index (χ3v) is 4.56. The highest BCUT2D eigenvalue weighted by Crippen LogP contribution is 2.24.